The minimum absolute atomic E-state index is 0.0152. The first-order valence-corrected chi connectivity index (χ1v) is 20.7. The van der Waals surface area contributed by atoms with Gasteiger partial charge in [-0.05, 0) is 126 Å². The van der Waals surface area contributed by atoms with Crippen LogP contribution >= 0.6 is 0 Å². The van der Waals surface area contributed by atoms with E-state index < -0.39 is 0 Å². The van der Waals surface area contributed by atoms with E-state index in [0.29, 0.717) is 5.69 Å². The van der Waals surface area contributed by atoms with E-state index in [0.717, 1.165) is 11.1 Å². The Hall–Kier alpha value is -5.53. The van der Waals surface area contributed by atoms with E-state index in [2.05, 4.69) is 182 Å². The molecule has 4 heteroatoms. The van der Waals surface area contributed by atoms with Crippen LogP contribution in [0.15, 0.2) is 97.1 Å². The lowest BCUT2D eigenvalue weighted by atomic mass is 9.34. The van der Waals surface area contributed by atoms with Crippen molar-refractivity contribution in [2.45, 2.75) is 105 Å². The Morgan fingerprint density at radius 3 is 1.32 bits per heavy atom. The first kappa shape index (κ1) is 35.9. The highest BCUT2D eigenvalue weighted by Gasteiger charge is 2.42. The second-order valence-corrected chi connectivity index (χ2v) is 21.1. The van der Waals surface area contributed by atoms with E-state index in [4.69, 9.17) is 6.57 Å². The summed E-state index contributed by atoms with van der Waals surface area (Å²) >= 11 is 0. The van der Waals surface area contributed by atoms with Crippen molar-refractivity contribution in [1.29, 1.82) is 0 Å². The van der Waals surface area contributed by atoms with Crippen LogP contribution in [0.3, 0.4) is 0 Å². The number of nitrogens with zero attached hydrogens (tertiary/aromatic N) is 3. The molecule has 0 atom stereocenters. The molecular weight excluding hydrogens is 689 g/mol. The predicted molar refractivity (Wildman–Crippen MR) is 246 cm³/mol. The Kier molecular flexibility index (Phi) is 7.12. The highest BCUT2D eigenvalue weighted by Crippen LogP contribution is 2.44. The maximum atomic E-state index is 7.88. The Labute approximate surface area is 338 Å². The molecule has 0 spiro atoms. The van der Waals surface area contributed by atoms with Crippen LogP contribution in [-0.4, -0.2) is 15.8 Å². The van der Waals surface area contributed by atoms with Gasteiger partial charge < -0.3 is 9.13 Å². The molecule has 4 heterocycles. The molecule has 57 heavy (non-hydrogen) atoms. The summed E-state index contributed by atoms with van der Waals surface area (Å²) < 4.78 is 5.19. The lowest BCUT2D eigenvalue weighted by Crippen LogP contribution is -2.59. The monoisotopic (exact) mass is 741 g/mol. The van der Waals surface area contributed by atoms with Crippen molar-refractivity contribution in [2.24, 2.45) is 0 Å². The molecular formula is C53H52BN3. The van der Waals surface area contributed by atoms with Crippen molar-refractivity contribution in [3.05, 3.63) is 131 Å². The van der Waals surface area contributed by atoms with Gasteiger partial charge in [0.05, 0.1) is 17.6 Å². The number of hydrogen-bond acceptors (Lipinski definition) is 0. The molecule has 0 saturated carbocycles. The van der Waals surface area contributed by atoms with Gasteiger partial charge in [0, 0.05) is 44.0 Å². The predicted octanol–water partition coefficient (Wildman–Crippen LogP) is 12.4. The third-order valence-corrected chi connectivity index (χ3v) is 13.1. The van der Waals surface area contributed by atoms with Gasteiger partial charge in [-0.25, -0.2) is 4.85 Å². The first-order valence-electron chi connectivity index (χ1n) is 20.7. The molecule has 8 aromatic rings. The summed E-state index contributed by atoms with van der Waals surface area (Å²) in [5, 5.41) is 5.28. The van der Waals surface area contributed by atoms with Crippen LogP contribution in [-0.2, 0) is 21.7 Å². The quantitative estimate of drug-likeness (QED) is 0.118. The smallest absolute Gasteiger partial charge is 0.252 e. The van der Waals surface area contributed by atoms with Gasteiger partial charge in [0.25, 0.3) is 6.71 Å². The van der Waals surface area contributed by atoms with Crippen LogP contribution in [0, 0.1) is 6.57 Å². The molecule has 0 radical (unpaired) electrons. The van der Waals surface area contributed by atoms with Crippen LogP contribution in [0.2, 0.25) is 0 Å². The zero-order valence-electron chi connectivity index (χ0n) is 35.7. The summed E-state index contributed by atoms with van der Waals surface area (Å²) in [7, 11) is 0. The summed E-state index contributed by atoms with van der Waals surface area (Å²) in [5.41, 5.74) is 19.9. The average Bonchev–Trinajstić information content (AvgIpc) is 3.66. The molecule has 2 aliphatic rings. The molecule has 0 N–H and O–H groups in total. The number of fused-ring (bicyclic) bond motifs is 10. The zero-order chi connectivity index (χ0) is 40.3. The molecule has 6 aromatic carbocycles. The highest BCUT2D eigenvalue weighted by atomic mass is 15.0. The Balaban J connectivity index is 1.45. The molecule has 0 saturated heterocycles. The minimum atomic E-state index is -0.0445. The summed E-state index contributed by atoms with van der Waals surface area (Å²) in [6.45, 7) is 36.0. The second kappa shape index (κ2) is 11.3. The molecule has 2 aliphatic heterocycles. The SMILES string of the molecule is [C-]#[N+]c1cccc(-c2cc3c4c(c2)-n2c5ccc(C(C)(C)C)cc5c5cc(C(C)(C)C)cc(c52)B4c2cc(C(C)(C)C)cc4c5cc(C(C)(C)C)ccc5n-3c24)c1. The minimum Gasteiger partial charge on any atom is -0.310 e. The number of benzene rings is 6. The maximum Gasteiger partial charge on any atom is 0.252 e. The number of aromatic nitrogens is 2. The number of rotatable bonds is 1. The highest BCUT2D eigenvalue weighted by molar-refractivity contribution is 7.00. The Bertz CT molecular complexity index is 2930. The fourth-order valence-electron chi connectivity index (χ4n) is 9.79. The molecule has 0 amide bonds. The van der Waals surface area contributed by atoms with Crippen LogP contribution < -0.4 is 16.4 Å². The van der Waals surface area contributed by atoms with E-state index >= 15 is 0 Å². The van der Waals surface area contributed by atoms with Gasteiger partial charge in [-0.3, -0.25) is 0 Å². The fourth-order valence-corrected chi connectivity index (χ4v) is 9.79. The van der Waals surface area contributed by atoms with Crippen molar-refractivity contribution in [1.82, 2.24) is 9.13 Å². The number of hydrogen-bond donors (Lipinski definition) is 0. The van der Waals surface area contributed by atoms with Crippen LogP contribution in [0.1, 0.15) is 105 Å². The van der Waals surface area contributed by atoms with E-state index in [1.807, 2.05) is 12.1 Å². The normalized spacial score (nSPS) is 13.9. The Morgan fingerprint density at radius 1 is 0.456 bits per heavy atom. The van der Waals surface area contributed by atoms with Gasteiger partial charge in [-0.15, -0.1) is 0 Å². The molecule has 0 fully saturated rings. The summed E-state index contributed by atoms with van der Waals surface area (Å²) in [6, 6.07) is 37.5. The lowest BCUT2D eigenvalue weighted by molar-refractivity contribution is 0.590. The summed E-state index contributed by atoms with van der Waals surface area (Å²) in [5.74, 6) is 0. The van der Waals surface area contributed by atoms with Crippen molar-refractivity contribution < 1.29 is 0 Å². The van der Waals surface area contributed by atoms with Crippen molar-refractivity contribution >= 4 is 72.4 Å². The topological polar surface area (TPSA) is 14.2 Å². The van der Waals surface area contributed by atoms with E-state index in [1.165, 1.54) is 93.6 Å². The molecule has 0 bridgehead atoms. The zero-order valence-corrected chi connectivity index (χ0v) is 35.7. The summed E-state index contributed by atoms with van der Waals surface area (Å²) in [4.78, 5) is 3.85. The van der Waals surface area contributed by atoms with Crippen LogP contribution in [0.25, 0.3) is 71.0 Å². The van der Waals surface area contributed by atoms with Gasteiger partial charge in [-0.1, -0.05) is 126 Å². The molecule has 2 aromatic heterocycles. The van der Waals surface area contributed by atoms with Crippen LogP contribution in [0.4, 0.5) is 5.69 Å². The first-order chi connectivity index (χ1) is 26.7. The lowest BCUT2D eigenvalue weighted by Gasteiger charge is -2.36. The van der Waals surface area contributed by atoms with Gasteiger partial charge in [0.2, 0.25) is 0 Å². The maximum absolute atomic E-state index is 7.88. The largest absolute Gasteiger partial charge is 0.310 e. The molecule has 282 valence electrons. The molecule has 0 aliphatic carbocycles. The van der Waals surface area contributed by atoms with Crippen LogP contribution in [0.5, 0.6) is 0 Å². The van der Waals surface area contributed by atoms with Gasteiger partial charge in [0.15, 0.2) is 5.69 Å². The standard InChI is InChI=1S/C53H52BN3/c1-50(2,3)32-17-19-43-37(24-32)39-26-34(52(7,8)9)28-41-48(39)56(43)45-22-31(30-15-14-16-36(21-30)55-13)23-46-47(45)54(41)42-29-35(53(10,11)12)27-40-38-25-33(51(4,5)6)18-20-44(38)57(46)49(40)42/h14-29H,1-12H3. The third kappa shape index (κ3) is 5.10. The van der Waals surface area contributed by atoms with E-state index in [9.17, 15) is 0 Å². The average molecular weight is 742 g/mol. The Morgan fingerprint density at radius 2 is 0.895 bits per heavy atom. The van der Waals surface area contributed by atoms with Crippen molar-refractivity contribution in [3.63, 3.8) is 0 Å². The molecule has 10 rings (SSSR count). The van der Waals surface area contributed by atoms with Crippen molar-refractivity contribution in [2.75, 3.05) is 0 Å². The van der Waals surface area contributed by atoms with Gasteiger partial charge in [-0.2, -0.15) is 0 Å². The van der Waals surface area contributed by atoms with Gasteiger partial charge in [0.1, 0.15) is 0 Å². The second-order valence-electron chi connectivity index (χ2n) is 21.1. The van der Waals surface area contributed by atoms with E-state index in [1.54, 1.807) is 0 Å². The third-order valence-electron chi connectivity index (χ3n) is 13.1. The van der Waals surface area contributed by atoms with Gasteiger partial charge >= 0.3 is 0 Å². The van der Waals surface area contributed by atoms with E-state index in [-0.39, 0.29) is 28.4 Å². The summed E-state index contributed by atoms with van der Waals surface area (Å²) in [6.07, 6.45) is 0. The molecule has 0 unspecified atom stereocenters. The molecule has 3 nitrogen and oxygen atoms in total. The van der Waals surface area contributed by atoms with Crippen molar-refractivity contribution in [3.8, 4) is 22.5 Å². The fraction of sp³-hybridized carbons (Fsp3) is 0.302.